The van der Waals surface area contributed by atoms with Crippen LogP contribution in [0.2, 0.25) is 0 Å². The van der Waals surface area contributed by atoms with E-state index < -0.39 is 0 Å². The molecule has 0 spiro atoms. The molecule has 0 N–H and O–H groups in total. The zero-order valence-corrected chi connectivity index (χ0v) is 4.98. The fraction of sp³-hybridized carbons (Fsp3) is 0. The molecule has 0 unspecified atom stereocenters. The van der Waals surface area contributed by atoms with Crippen LogP contribution in [-0.4, -0.2) is 10.9 Å². The average Bonchev–Trinajstić information content (AvgIpc) is 2.34. The van der Waals surface area contributed by atoms with E-state index in [9.17, 15) is 4.79 Å². The molecule has 0 saturated carbocycles. The summed E-state index contributed by atoms with van der Waals surface area (Å²) in [6.45, 7) is 0. The Morgan fingerprint density at radius 2 is 2.20 bits per heavy atom. The maximum Gasteiger partial charge on any atom is 0.299 e. The lowest BCUT2D eigenvalue weighted by Gasteiger charge is -1.86. The van der Waals surface area contributed by atoms with Gasteiger partial charge in [-0.1, -0.05) is 0 Å². The summed E-state index contributed by atoms with van der Waals surface area (Å²) >= 11 is 0. The van der Waals surface area contributed by atoms with E-state index in [2.05, 4.69) is 15.2 Å². The van der Waals surface area contributed by atoms with E-state index in [4.69, 9.17) is 0 Å². The smallest absolute Gasteiger partial charge is 0.265 e. The monoisotopic (exact) mass is 133 g/mol. The van der Waals surface area contributed by atoms with Crippen molar-refractivity contribution in [2.24, 2.45) is 10.2 Å². The first-order valence-electron chi connectivity index (χ1n) is 2.79. The van der Waals surface area contributed by atoms with Gasteiger partial charge in [0, 0.05) is 6.20 Å². The quantitative estimate of drug-likeness (QED) is 0.535. The summed E-state index contributed by atoms with van der Waals surface area (Å²) < 4.78 is 0. The van der Waals surface area contributed by atoms with Crippen LogP contribution in [0.3, 0.4) is 0 Å². The van der Waals surface area contributed by atoms with Gasteiger partial charge >= 0.3 is 0 Å². The van der Waals surface area contributed by atoms with E-state index in [0.717, 1.165) is 0 Å². The number of hydrogen-bond acceptors (Lipinski definition) is 3. The maximum absolute atomic E-state index is 10.8. The molecule has 4 heteroatoms. The first-order valence-corrected chi connectivity index (χ1v) is 2.79. The number of aromatic nitrogens is 1. The highest BCUT2D eigenvalue weighted by Crippen LogP contribution is 2.22. The molecule has 1 aliphatic rings. The molecule has 2 heterocycles. The van der Waals surface area contributed by atoms with Gasteiger partial charge in [0.1, 0.15) is 0 Å². The van der Waals surface area contributed by atoms with E-state index in [1.54, 1.807) is 18.3 Å². The third kappa shape index (κ3) is 0.556. The second-order valence-electron chi connectivity index (χ2n) is 1.88. The van der Waals surface area contributed by atoms with Gasteiger partial charge in [-0.3, -0.25) is 4.79 Å². The van der Waals surface area contributed by atoms with Crippen molar-refractivity contribution in [2.75, 3.05) is 0 Å². The number of pyridine rings is 1. The van der Waals surface area contributed by atoms with Gasteiger partial charge in [-0.15, -0.1) is 10.2 Å². The van der Waals surface area contributed by atoms with Crippen LogP contribution in [0.15, 0.2) is 28.6 Å². The highest BCUT2D eigenvalue weighted by Gasteiger charge is 2.16. The van der Waals surface area contributed by atoms with E-state index in [0.29, 0.717) is 11.4 Å². The van der Waals surface area contributed by atoms with Crippen molar-refractivity contribution in [1.29, 1.82) is 0 Å². The minimum absolute atomic E-state index is 0.303. The SMILES string of the molecule is O=C1N=Nc2ncccc21. The number of carbonyl (C=O) groups is 1. The number of nitrogens with zero attached hydrogens (tertiary/aromatic N) is 3. The Morgan fingerprint density at radius 1 is 1.30 bits per heavy atom. The Hall–Kier alpha value is -1.58. The molecule has 0 bridgehead atoms. The van der Waals surface area contributed by atoms with Gasteiger partial charge in [0.2, 0.25) is 0 Å². The van der Waals surface area contributed by atoms with Gasteiger partial charge in [0.25, 0.3) is 5.91 Å². The number of hydrogen-bond donors (Lipinski definition) is 0. The molecule has 4 nitrogen and oxygen atoms in total. The van der Waals surface area contributed by atoms with E-state index >= 15 is 0 Å². The fourth-order valence-corrected chi connectivity index (χ4v) is 0.790. The Bertz CT molecular complexity index is 319. The van der Waals surface area contributed by atoms with E-state index in [1.807, 2.05) is 0 Å². The van der Waals surface area contributed by atoms with Gasteiger partial charge in [-0.2, -0.15) is 0 Å². The number of carbonyl (C=O) groups excluding carboxylic acids is 1. The van der Waals surface area contributed by atoms with Crippen molar-refractivity contribution in [3.8, 4) is 0 Å². The molecule has 0 fully saturated rings. The Morgan fingerprint density at radius 3 is 3.00 bits per heavy atom. The molecular formula is C6H3N3O. The third-order valence-corrected chi connectivity index (χ3v) is 1.25. The maximum atomic E-state index is 10.8. The van der Waals surface area contributed by atoms with Gasteiger partial charge in [-0.05, 0) is 12.1 Å². The van der Waals surface area contributed by atoms with Crippen LogP contribution in [0.25, 0.3) is 0 Å². The highest BCUT2D eigenvalue weighted by molar-refractivity contribution is 6.00. The summed E-state index contributed by atoms with van der Waals surface area (Å²) in [5.74, 6) is 0.121. The molecule has 1 amide bonds. The van der Waals surface area contributed by atoms with Crippen molar-refractivity contribution in [3.05, 3.63) is 23.9 Å². The number of rotatable bonds is 0. The second-order valence-corrected chi connectivity index (χ2v) is 1.88. The number of amides is 1. The van der Waals surface area contributed by atoms with Gasteiger partial charge in [-0.25, -0.2) is 4.98 Å². The zero-order chi connectivity index (χ0) is 6.97. The van der Waals surface area contributed by atoms with Crippen molar-refractivity contribution in [3.63, 3.8) is 0 Å². The molecule has 2 rings (SSSR count). The second kappa shape index (κ2) is 1.70. The molecular weight excluding hydrogens is 130 g/mol. The van der Waals surface area contributed by atoms with Crippen LogP contribution in [0, 0.1) is 0 Å². The number of fused-ring (bicyclic) bond motifs is 1. The lowest BCUT2D eigenvalue weighted by molar-refractivity contribution is 0.100. The zero-order valence-electron chi connectivity index (χ0n) is 4.98. The standard InChI is InChI=1S/C6H3N3O/c10-6-4-2-1-3-7-5(4)8-9-6/h1-3H. The van der Waals surface area contributed by atoms with Crippen molar-refractivity contribution in [2.45, 2.75) is 0 Å². The lowest BCUT2D eigenvalue weighted by atomic mass is 10.3. The predicted octanol–water partition coefficient (Wildman–Crippen LogP) is 1.32. The van der Waals surface area contributed by atoms with E-state index in [-0.39, 0.29) is 5.91 Å². The molecule has 0 atom stereocenters. The Kier molecular flexibility index (Phi) is 0.887. The lowest BCUT2D eigenvalue weighted by Crippen LogP contribution is -1.88. The molecule has 1 aliphatic heterocycles. The molecule has 48 valence electrons. The highest BCUT2D eigenvalue weighted by atomic mass is 16.2. The molecule has 1 aromatic rings. The van der Waals surface area contributed by atoms with Gasteiger partial charge in [0.05, 0.1) is 5.56 Å². The molecule has 0 saturated heterocycles. The van der Waals surface area contributed by atoms with Crippen LogP contribution in [0.5, 0.6) is 0 Å². The minimum Gasteiger partial charge on any atom is -0.265 e. The molecule has 1 aromatic heterocycles. The summed E-state index contributed by atoms with van der Waals surface area (Å²) in [5, 5.41) is 6.87. The normalized spacial score (nSPS) is 13.8. The summed E-state index contributed by atoms with van der Waals surface area (Å²) in [7, 11) is 0. The van der Waals surface area contributed by atoms with Crippen molar-refractivity contribution < 1.29 is 4.79 Å². The van der Waals surface area contributed by atoms with Gasteiger partial charge < -0.3 is 0 Å². The third-order valence-electron chi connectivity index (χ3n) is 1.25. The van der Waals surface area contributed by atoms with Crippen LogP contribution >= 0.6 is 0 Å². The molecule has 10 heavy (non-hydrogen) atoms. The minimum atomic E-state index is -0.303. The largest absolute Gasteiger partial charge is 0.299 e. The summed E-state index contributed by atoms with van der Waals surface area (Å²) in [5.41, 5.74) is 0.488. The van der Waals surface area contributed by atoms with Gasteiger partial charge in [0.15, 0.2) is 5.82 Å². The summed E-state index contributed by atoms with van der Waals surface area (Å²) in [6.07, 6.45) is 1.58. The van der Waals surface area contributed by atoms with Crippen LogP contribution in [0.4, 0.5) is 5.82 Å². The van der Waals surface area contributed by atoms with Crippen molar-refractivity contribution >= 4 is 11.7 Å². The predicted molar refractivity (Wildman–Crippen MR) is 33.1 cm³/mol. The number of azo groups is 1. The fourth-order valence-electron chi connectivity index (χ4n) is 0.790. The molecule has 0 radical (unpaired) electrons. The Labute approximate surface area is 56.6 Å². The summed E-state index contributed by atoms with van der Waals surface area (Å²) in [6, 6.07) is 3.34. The van der Waals surface area contributed by atoms with E-state index in [1.165, 1.54) is 0 Å². The van der Waals surface area contributed by atoms with Crippen LogP contribution in [-0.2, 0) is 0 Å². The molecule has 0 aliphatic carbocycles. The average molecular weight is 133 g/mol. The Balaban J connectivity index is 2.70. The topological polar surface area (TPSA) is 54.7 Å². The van der Waals surface area contributed by atoms with Crippen LogP contribution < -0.4 is 0 Å². The van der Waals surface area contributed by atoms with Crippen LogP contribution in [0.1, 0.15) is 10.4 Å². The first-order chi connectivity index (χ1) is 4.88. The van der Waals surface area contributed by atoms with Crippen molar-refractivity contribution in [1.82, 2.24) is 4.98 Å². The summed E-state index contributed by atoms with van der Waals surface area (Å²) in [4.78, 5) is 14.6. The molecule has 0 aromatic carbocycles. The first kappa shape index (κ1) is 5.22.